The molecule has 1 aromatic rings. The molecular formula is C13H20BrNOS. The summed E-state index contributed by atoms with van der Waals surface area (Å²) >= 11 is 5.09. The van der Waals surface area contributed by atoms with Gasteiger partial charge in [0.15, 0.2) is 0 Å². The van der Waals surface area contributed by atoms with Gasteiger partial charge in [-0.25, -0.2) is 0 Å². The molecule has 0 amide bonds. The Bertz CT molecular complexity index is 346. The van der Waals surface area contributed by atoms with Crippen molar-refractivity contribution in [3.05, 3.63) is 28.7 Å². The number of benzene rings is 1. The highest BCUT2D eigenvalue weighted by Gasteiger charge is 2.19. The molecule has 0 aliphatic heterocycles. The number of halogens is 1. The molecule has 2 unspecified atom stereocenters. The summed E-state index contributed by atoms with van der Waals surface area (Å²) in [6.45, 7) is 4.42. The maximum atomic E-state index is 9.43. The second-order valence-electron chi connectivity index (χ2n) is 4.59. The molecule has 0 spiro atoms. The number of nitrogens with two attached hydrogens (primary N) is 1. The SMILES string of the molecule is CC(C)CC(N)C(CO)Sc1cccc(Br)c1. The predicted molar refractivity (Wildman–Crippen MR) is 78.3 cm³/mol. The minimum atomic E-state index is 0.0315. The maximum Gasteiger partial charge on any atom is 0.0568 e. The van der Waals surface area contributed by atoms with E-state index >= 15 is 0 Å². The number of thioether (sulfide) groups is 1. The van der Waals surface area contributed by atoms with Crippen molar-refractivity contribution in [1.29, 1.82) is 0 Å². The number of hydrogen-bond acceptors (Lipinski definition) is 3. The summed E-state index contributed by atoms with van der Waals surface area (Å²) in [5, 5.41) is 9.49. The standard InChI is InChI=1S/C13H20BrNOS/c1-9(2)6-12(15)13(8-16)17-11-5-3-4-10(14)7-11/h3-5,7,9,12-13,16H,6,8,15H2,1-2H3. The molecule has 3 N–H and O–H groups in total. The smallest absolute Gasteiger partial charge is 0.0568 e. The Labute approximate surface area is 116 Å². The van der Waals surface area contributed by atoms with E-state index in [0.717, 1.165) is 15.8 Å². The highest BCUT2D eigenvalue weighted by Crippen LogP contribution is 2.28. The molecule has 0 aromatic heterocycles. The fraction of sp³-hybridized carbons (Fsp3) is 0.538. The van der Waals surface area contributed by atoms with Crippen molar-refractivity contribution >= 4 is 27.7 Å². The van der Waals surface area contributed by atoms with Gasteiger partial charge in [0, 0.05) is 20.7 Å². The van der Waals surface area contributed by atoms with Crippen molar-refractivity contribution in [2.24, 2.45) is 11.7 Å². The van der Waals surface area contributed by atoms with Crippen LogP contribution in [-0.2, 0) is 0 Å². The van der Waals surface area contributed by atoms with Gasteiger partial charge in [-0.15, -0.1) is 11.8 Å². The Balaban J connectivity index is 2.63. The van der Waals surface area contributed by atoms with Gasteiger partial charge in [-0.3, -0.25) is 0 Å². The fourth-order valence-electron chi connectivity index (χ4n) is 1.67. The fourth-order valence-corrected chi connectivity index (χ4v) is 3.28. The lowest BCUT2D eigenvalue weighted by atomic mass is 10.0. The van der Waals surface area contributed by atoms with E-state index in [0.29, 0.717) is 5.92 Å². The summed E-state index contributed by atoms with van der Waals surface area (Å²) in [6.07, 6.45) is 0.937. The molecule has 0 heterocycles. The van der Waals surface area contributed by atoms with E-state index in [1.54, 1.807) is 11.8 Å². The molecule has 0 fully saturated rings. The normalized spacial score (nSPS) is 14.9. The van der Waals surface area contributed by atoms with Crippen LogP contribution in [0.3, 0.4) is 0 Å². The molecule has 0 bridgehead atoms. The lowest BCUT2D eigenvalue weighted by molar-refractivity contribution is 0.275. The van der Waals surface area contributed by atoms with Gasteiger partial charge in [0.25, 0.3) is 0 Å². The number of rotatable bonds is 6. The molecule has 0 aliphatic rings. The highest BCUT2D eigenvalue weighted by atomic mass is 79.9. The maximum absolute atomic E-state index is 9.43. The van der Waals surface area contributed by atoms with Gasteiger partial charge in [0.2, 0.25) is 0 Å². The van der Waals surface area contributed by atoms with Gasteiger partial charge < -0.3 is 10.8 Å². The van der Waals surface area contributed by atoms with E-state index < -0.39 is 0 Å². The van der Waals surface area contributed by atoms with Crippen molar-refractivity contribution in [3.63, 3.8) is 0 Å². The van der Waals surface area contributed by atoms with Crippen LogP contribution in [-0.4, -0.2) is 23.0 Å². The monoisotopic (exact) mass is 317 g/mol. The Morgan fingerprint density at radius 1 is 1.41 bits per heavy atom. The van der Waals surface area contributed by atoms with Crippen molar-refractivity contribution in [2.75, 3.05) is 6.61 Å². The van der Waals surface area contributed by atoms with Crippen LogP contribution >= 0.6 is 27.7 Å². The van der Waals surface area contributed by atoms with Crippen LogP contribution in [0.5, 0.6) is 0 Å². The molecule has 1 rings (SSSR count). The molecule has 0 radical (unpaired) electrons. The molecule has 0 saturated heterocycles. The van der Waals surface area contributed by atoms with Crippen LogP contribution in [0.25, 0.3) is 0 Å². The Morgan fingerprint density at radius 2 is 2.12 bits per heavy atom. The number of hydrogen-bond donors (Lipinski definition) is 2. The van der Waals surface area contributed by atoms with Gasteiger partial charge in [-0.1, -0.05) is 35.8 Å². The Kier molecular flexibility index (Phi) is 6.55. The van der Waals surface area contributed by atoms with Gasteiger partial charge in [0.05, 0.1) is 6.61 Å². The van der Waals surface area contributed by atoms with E-state index in [1.807, 2.05) is 18.2 Å². The third-order valence-electron chi connectivity index (χ3n) is 2.48. The zero-order valence-corrected chi connectivity index (χ0v) is 12.7. The molecule has 4 heteroatoms. The van der Waals surface area contributed by atoms with Crippen LogP contribution in [0, 0.1) is 5.92 Å². The van der Waals surface area contributed by atoms with E-state index in [2.05, 4.69) is 35.8 Å². The highest BCUT2D eigenvalue weighted by molar-refractivity contribution is 9.10. The second-order valence-corrected chi connectivity index (χ2v) is 6.82. The first-order chi connectivity index (χ1) is 8.02. The Hall–Kier alpha value is -0.0300. The van der Waals surface area contributed by atoms with E-state index in [4.69, 9.17) is 5.73 Å². The summed E-state index contributed by atoms with van der Waals surface area (Å²) in [5.74, 6) is 0.558. The minimum absolute atomic E-state index is 0.0315. The summed E-state index contributed by atoms with van der Waals surface area (Å²) in [6, 6.07) is 8.11. The molecule has 1 aromatic carbocycles. The van der Waals surface area contributed by atoms with Gasteiger partial charge in [-0.2, -0.15) is 0 Å². The molecule has 2 atom stereocenters. The first-order valence-electron chi connectivity index (χ1n) is 5.81. The summed E-state index contributed by atoms with van der Waals surface area (Å²) in [4.78, 5) is 1.14. The average molecular weight is 318 g/mol. The zero-order valence-electron chi connectivity index (χ0n) is 10.3. The predicted octanol–water partition coefficient (Wildman–Crippen LogP) is 3.28. The van der Waals surface area contributed by atoms with Gasteiger partial charge >= 0.3 is 0 Å². The average Bonchev–Trinajstić information content (AvgIpc) is 2.24. The summed E-state index contributed by atoms with van der Waals surface area (Å²) in [7, 11) is 0. The van der Waals surface area contributed by atoms with Gasteiger partial charge in [-0.05, 0) is 30.5 Å². The lowest BCUT2D eigenvalue weighted by Gasteiger charge is -2.23. The molecule has 96 valence electrons. The van der Waals surface area contributed by atoms with Crippen LogP contribution in [0.4, 0.5) is 0 Å². The zero-order chi connectivity index (χ0) is 12.8. The minimum Gasteiger partial charge on any atom is -0.395 e. The number of aliphatic hydroxyl groups is 1. The molecule has 0 saturated carbocycles. The summed E-state index contributed by atoms with van der Waals surface area (Å²) in [5.41, 5.74) is 6.12. The first-order valence-corrected chi connectivity index (χ1v) is 7.49. The van der Waals surface area contributed by atoms with E-state index in [-0.39, 0.29) is 17.9 Å². The number of aliphatic hydroxyl groups excluding tert-OH is 1. The summed E-state index contributed by atoms with van der Waals surface area (Å²) < 4.78 is 1.05. The third kappa shape index (κ3) is 5.42. The second kappa shape index (κ2) is 7.41. The van der Waals surface area contributed by atoms with Gasteiger partial charge in [0.1, 0.15) is 0 Å². The third-order valence-corrected chi connectivity index (χ3v) is 4.31. The van der Waals surface area contributed by atoms with E-state index in [9.17, 15) is 5.11 Å². The molecular weight excluding hydrogens is 298 g/mol. The van der Waals surface area contributed by atoms with Crippen LogP contribution in [0.1, 0.15) is 20.3 Å². The van der Waals surface area contributed by atoms with Crippen molar-refractivity contribution in [1.82, 2.24) is 0 Å². The Morgan fingerprint density at radius 3 is 2.65 bits per heavy atom. The molecule has 17 heavy (non-hydrogen) atoms. The topological polar surface area (TPSA) is 46.2 Å². The molecule has 0 aliphatic carbocycles. The van der Waals surface area contributed by atoms with Crippen molar-refractivity contribution < 1.29 is 5.11 Å². The van der Waals surface area contributed by atoms with Crippen LogP contribution < -0.4 is 5.73 Å². The lowest BCUT2D eigenvalue weighted by Crippen LogP contribution is -2.36. The van der Waals surface area contributed by atoms with Crippen LogP contribution in [0.2, 0.25) is 0 Å². The van der Waals surface area contributed by atoms with Crippen molar-refractivity contribution in [2.45, 2.75) is 36.5 Å². The first kappa shape index (κ1) is 15.0. The van der Waals surface area contributed by atoms with E-state index in [1.165, 1.54) is 0 Å². The molecule has 2 nitrogen and oxygen atoms in total. The quantitative estimate of drug-likeness (QED) is 0.791. The van der Waals surface area contributed by atoms with Crippen LogP contribution in [0.15, 0.2) is 33.6 Å². The van der Waals surface area contributed by atoms with Crippen molar-refractivity contribution in [3.8, 4) is 0 Å². The largest absolute Gasteiger partial charge is 0.395 e.